The zero-order valence-electron chi connectivity index (χ0n) is 16.0. The third-order valence-corrected chi connectivity index (χ3v) is 6.88. The van der Waals surface area contributed by atoms with Crippen molar-refractivity contribution in [3.8, 4) is 0 Å². The van der Waals surface area contributed by atoms with Gasteiger partial charge in [0, 0.05) is 4.91 Å². The molecule has 3 nitrogen and oxygen atoms in total. The summed E-state index contributed by atoms with van der Waals surface area (Å²) in [5.41, 5.74) is 11.0. The van der Waals surface area contributed by atoms with E-state index < -0.39 is 0 Å². The van der Waals surface area contributed by atoms with Crippen molar-refractivity contribution in [2.75, 3.05) is 0 Å². The normalized spacial score (nSPS) is 28.9. The topological polar surface area (TPSA) is 48.8 Å². The van der Waals surface area contributed by atoms with Crippen LogP contribution in [0.5, 0.6) is 0 Å². The van der Waals surface area contributed by atoms with Gasteiger partial charge in [0.15, 0.2) is 0 Å². The van der Waals surface area contributed by atoms with E-state index in [1.807, 2.05) is 0 Å². The van der Waals surface area contributed by atoms with Crippen LogP contribution in [0.4, 0.5) is 0 Å². The SMILES string of the molecule is C=CCCC1CCC(C2CCC(c3ccc(CN=[N+]=[N-])cc3)CC2)CC1. The van der Waals surface area contributed by atoms with Crippen LogP contribution in [0.15, 0.2) is 42.0 Å². The maximum atomic E-state index is 8.43. The van der Waals surface area contributed by atoms with Gasteiger partial charge in [0.05, 0.1) is 6.54 Å². The molecular formula is C23H33N3. The largest absolute Gasteiger partial charge is 0.103 e. The van der Waals surface area contributed by atoms with Gasteiger partial charge in [-0.25, -0.2) is 0 Å². The highest BCUT2D eigenvalue weighted by Crippen LogP contribution is 2.44. The van der Waals surface area contributed by atoms with Crippen LogP contribution in [0.3, 0.4) is 0 Å². The first-order chi connectivity index (χ1) is 12.8. The minimum atomic E-state index is 0.457. The van der Waals surface area contributed by atoms with E-state index >= 15 is 0 Å². The number of hydrogen-bond donors (Lipinski definition) is 0. The van der Waals surface area contributed by atoms with E-state index in [9.17, 15) is 0 Å². The Balaban J connectivity index is 1.44. The van der Waals surface area contributed by atoms with E-state index in [2.05, 4.69) is 46.9 Å². The number of nitrogens with zero attached hydrogens (tertiary/aromatic N) is 3. The Hall–Kier alpha value is -1.73. The second-order valence-corrected chi connectivity index (χ2v) is 8.39. The van der Waals surface area contributed by atoms with E-state index in [0.29, 0.717) is 6.54 Å². The molecule has 0 saturated heterocycles. The molecule has 140 valence electrons. The molecule has 3 heteroatoms. The maximum Gasteiger partial charge on any atom is 0.0510 e. The highest BCUT2D eigenvalue weighted by molar-refractivity contribution is 5.25. The standard InChI is InChI=1S/C23H33N3/c1-2-3-4-18-5-9-20(10-6-18)22-13-15-23(16-14-22)21-11-7-19(8-12-21)17-25-26-24/h2,7-8,11-12,18,20,22-23H,1,3-6,9-10,13-17H2. The third-order valence-electron chi connectivity index (χ3n) is 6.88. The molecule has 2 aliphatic rings. The van der Waals surface area contributed by atoms with Crippen LogP contribution in [-0.4, -0.2) is 0 Å². The number of allylic oxidation sites excluding steroid dienone is 1. The van der Waals surface area contributed by atoms with Crippen LogP contribution < -0.4 is 0 Å². The first-order valence-electron chi connectivity index (χ1n) is 10.5. The summed E-state index contributed by atoms with van der Waals surface area (Å²) in [6, 6.07) is 8.75. The summed E-state index contributed by atoms with van der Waals surface area (Å²) in [6.45, 7) is 4.32. The van der Waals surface area contributed by atoms with Crippen molar-refractivity contribution in [1.29, 1.82) is 0 Å². The van der Waals surface area contributed by atoms with E-state index in [-0.39, 0.29) is 0 Å². The first-order valence-corrected chi connectivity index (χ1v) is 10.5. The van der Waals surface area contributed by atoms with Crippen LogP contribution in [0.25, 0.3) is 10.4 Å². The Morgan fingerprint density at radius 1 is 0.962 bits per heavy atom. The predicted octanol–water partition coefficient (Wildman–Crippen LogP) is 7.54. The van der Waals surface area contributed by atoms with Crippen LogP contribution in [0.1, 0.15) is 81.3 Å². The van der Waals surface area contributed by atoms with Crippen molar-refractivity contribution < 1.29 is 0 Å². The van der Waals surface area contributed by atoms with E-state index in [1.165, 1.54) is 69.8 Å². The summed E-state index contributed by atoms with van der Waals surface area (Å²) in [7, 11) is 0. The Morgan fingerprint density at radius 2 is 1.58 bits per heavy atom. The lowest BCUT2D eigenvalue weighted by Gasteiger charge is -2.38. The van der Waals surface area contributed by atoms with Gasteiger partial charge in [-0.05, 0) is 91.7 Å². The number of azide groups is 1. The molecule has 0 atom stereocenters. The highest BCUT2D eigenvalue weighted by Gasteiger charge is 2.31. The molecule has 26 heavy (non-hydrogen) atoms. The molecule has 0 N–H and O–H groups in total. The summed E-state index contributed by atoms with van der Waals surface area (Å²) in [6.07, 6.45) is 16.0. The van der Waals surface area contributed by atoms with E-state index in [4.69, 9.17) is 5.53 Å². The molecule has 0 bridgehead atoms. The molecule has 2 aliphatic carbocycles. The van der Waals surface area contributed by atoms with Crippen LogP contribution in [-0.2, 0) is 6.54 Å². The minimum absolute atomic E-state index is 0.457. The van der Waals surface area contributed by atoms with Crippen LogP contribution in [0, 0.1) is 17.8 Å². The average molecular weight is 352 g/mol. The molecule has 0 heterocycles. The average Bonchev–Trinajstić information content (AvgIpc) is 2.72. The minimum Gasteiger partial charge on any atom is -0.103 e. The molecule has 0 spiro atoms. The fourth-order valence-corrected chi connectivity index (χ4v) is 5.23. The van der Waals surface area contributed by atoms with Gasteiger partial charge in [-0.15, -0.1) is 6.58 Å². The number of rotatable bonds is 7. The molecule has 0 amide bonds. The Kier molecular flexibility index (Phi) is 7.20. The van der Waals surface area contributed by atoms with Gasteiger partial charge in [0.2, 0.25) is 0 Å². The lowest BCUT2D eigenvalue weighted by atomic mass is 9.68. The summed E-state index contributed by atoms with van der Waals surface area (Å²) in [5, 5.41) is 3.64. The summed E-state index contributed by atoms with van der Waals surface area (Å²) in [4.78, 5) is 2.84. The summed E-state index contributed by atoms with van der Waals surface area (Å²) < 4.78 is 0. The molecule has 0 aromatic heterocycles. The Morgan fingerprint density at radius 3 is 2.15 bits per heavy atom. The molecule has 1 aromatic carbocycles. The van der Waals surface area contributed by atoms with Gasteiger partial charge >= 0.3 is 0 Å². The van der Waals surface area contributed by atoms with E-state index in [1.54, 1.807) is 0 Å². The van der Waals surface area contributed by atoms with E-state index in [0.717, 1.165) is 29.2 Å². The van der Waals surface area contributed by atoms with Gasteiger partial charge in [-0.1, -0.05) is 48.3 Å². The van der Waals surface area contributed by atoms with Crippen molar-refractivity contribution in [3.63, 3.8) is 0 Å². The molecular weight excluding hydrogens is 318 g/mol. The second kappa shape index (κ2) is 9.83. The lowest BCUT2D eigenvalue weighted by molar-refractivity contribution is 0.157. The highest BCUT2D eigenvalue weighted by atomic mass is 15.1. The smallest absolute Gasteiger partial charge is 0.0510 e. The van der Waals surface area contributed by atoms with Crippen molar-refractivity contribution in [1.82, 2.24) is 0 Å². The summed E-state index contributed by atoms with van der Waals surface area (Å²) >= 11 is 0. The molecule has 1 aromatic rings. The monoisotopic (exact) mass is 351 g/mol. The molecule has 3 rings (SSSR count). The molecule has 0 radical (unpaired) electrons. The zero-order chi connectivity index (χ0) is 18.2. The first kappa shape index (κ1) is 19.0. The predicted molar refractivity (Wildman–Crippen MR) is 109 cm³/mol. The van der Waals surface area contributed by atoms with Crippen molar-refractivity contribution in [2.24, 2.45) is 22.9 Å². The number of benzene rings is 1. The van der Waals surface area contributed by atoms with Gasteiger partial charge < -0.3 is 0 Å². The fourth-order valence-electron chi connectivity index (χ4n) is 5.23. The Bertz CT molecular complexity index is 599. The molecule has 2 saturated carbocycles. The van der Waals surface area contributed by atoms with Crippen molar-refractivity contribution in [2.45, 2.75) is 76.7 Å². The van der Waals surface area contributed by atoms with Crippen molar-refractivity contribution in [3.05, 3.63) is 58.5 Å². The van der Waals surface area contributed by atoms with Crippen LogP contribution in [0.2, 0.25) is 0 Å². The van der Waals surface area contributed by atoms with Gasteiger partial charge in [0.25, 0.3) is 0 Å². The fraction of sp³-hybridized carbons (Fsp3) is 0.652. The third kappa shape index (κ3) is 5.14. The summed E-state index contributed by atoms with van der Waals surface area (Å²) in [5.74, 6) is 3.64. The van der Waals surface area contributed by atoms with Gasteiger partial charge in [-0.3, -0.25) is 0 Å². The maximum absolute atomic E-state index is 8.43. The number of hydrogen-bond acceptors (Lipinski definition) is 1. The van der Waals surface area contributed by atoms with Crippen molar-refractivity contribution >= 4 is 0 Å². The van der Waals surface area contributed by atoms with Crippen LogP contribution >= 0.6 is 0 Å². The molecule has 0 aliphatic heterocycles. The molecule has 0 unspecified atom stereocenters. The molecule has 2 fully saturated rings. The Labute approximate surface area is 158 Å². The van der Waals surface area contributed by atoms with Gasteiger partial charge in [0.1, 0.15) is 0 Å². The zero-order valence-corrected chi connectivity index (χ0v) is 16.0. The quantitative estimate of drug-likeness (QED) is 0.211. The lowest BCUT2D eigenvalue weighted by Crippen LogP contribution is -2.25. The van der Waals surface area contributed by atoms with Gasteiger partial charge in [-0.2, -0.15) is 0 Å². The second-order valence-electron chi connectivity index (χ2n) is 8.39.